The van der Waals surface area contributed by atoms with Crippen LogP contribution in [-0.4, -0.2) is 47.3 Å². The zero-order chi connectivity index (χ0) is 19.9. The molecule has 0 saturated carbocycles. The maximum absolute atomic E-state index is 13.0. The lowest BCUT2D eigenvalue weighted by Crippen LogP contribution is -2.56. The van der Waals surface area contributed by atoms with Gasteiger partial charge in [0.15, 0.2) is 0 Å². The van der Waals surface area contributed by atoms with Crippen molar-refractivity contribution >= 4 is 11.8 Å². The van der Waals surface area contributed by atoms with E-state index in [1.165, 1.54) is 5.56 Å². The Bertz CT molecular complexity index is 789. The van der Waals surface area contributed by atoms with Gasteiger partial charge in [-0.3, -0.25) is 14.5 Å². The van der Waals surface area contributed by atoms with Crippen molar-refractivity contribution in [3.63, 3.8) is 0 Å². The maximum atomic E-state index is 13.0. The fraction of sp³-hybridized carbons (Fsp3) is 0.391. The van der Waals surface area contributed by atoms with E-state index in [1.807, 2.05) is 42.2 Å². The van der Waals surface area contributed by atoms with Gasteiger partial charge in [-0.2, -0.15) is 0 Å². The van der Waals surface area contributed by atoms with Gasteiger partial charge in [-0.25, -0.2) is 0 Å². The van der Waals surface area contributed by atoms with E-state index in [0.717, 1.165) is 17.7 Å². The number of carbonyl (C=O) groups is 2. The predicted molar refractivity (Wildman–Crippen MR) is 111 cm³/mol. The largest absolute Gasteiger partial charge is 0.353 e. The predicted octanol–water partition coefficient (Wildman–Crippen LogP) is 2.73. The van der Waals surface area contributed by atoms with Crippen molar-refractivity contribution in [2.45, 2.75) is 39.4 Å². The summed E-state index contributed by atoms with van der Waals surface area (Å²) in [4.78, 5) is 29.4. The molecule has 2 aromatic carbocycles. The molecule has 0 bridgehead atoms. The Morgan fingerprint density at radius 1 is 1.11 bits per heavy atom. The highest BCUT2D eigenvalue weighted by Crippen LogP contribution is 2.16. The molecule has 148 valence electrons. The molecule has 0 radical (unpaired) electrons. The minimum atomic E-state index is -0.424. The molecular weight excluding hydrogens is 350 g/mol. The second kappa shape index (κ2) is 9.51. The van der Waals surface area contributed by atoms with Crippen molar-refractivity contribution in [1.29, 1.82) is 0 Å². The topological polar surface area (TPSA) is 52.7 Å². The van der Waals surface area contributed by atoms with E-state index >= 15 is 0 Å². The third-order valence-electron chi connectivity index (χ3n) is 5.27. The highest BCUT2D eigenvalue weighted by atomic mass is 16.2. The molecule has 5 heteroatoms. The molecular formula is C23H29N3O2. The van der Waals surface area contributed by atoms with Crippen LogP contribution in [0.25, 0.3) is 0 Å². The van der Waals surface area contributed by atoms with Crippen LogP contribution >= 0.6 is 0 Å². The van der Waals surface area contributed by atoms with Gasteiger partial charge in [0.25, 0.3) is 0 Å². The molecule has 0 aliphatic carbocycles. The molecule has 1 atom stereocenters. The maximum Gasteiger partial charge on any atom is 0.237 e. The summed E-state index contributed by atoms with van der Waals surface area (Å²) < 4.78 is 0. The van der Waals surface area contributed by atoms with Crippen LogP contribution < -0.4 is 5.32 Å². The lowest BCUT2D eigenvalue weighted by molar-refractivity contribution is -0.139. The molecule has 1 fully saturated rings. The average Bonchev–Trinajstić information content (AvgIpc) is 2.71. The Morgan fingerprint density at radius 2 is 1.82 bits per heavy atom. The number of piperazine rings is 1. The molecule has 1 heterocycles. The summed E-state index contributed by atoms with van der Waals surface area (Å²) in [6, 6.07) is 17.9. The number of hydrogen-bond donors (Lipinski definition) is 1. The van der Waals surface area contributed by atoms with Crippen LogP contribution in [0, 0.1) is 6.92 Å². The number of amides is 2. The first-order valence-corrected chi connectivity index (χ1v) is 9.96. The highest BCUT2D eigenvalue weighted by molar-refractivity contribution is 5.88. The first-order chi connectivity index (χ1) is 13.6. The summed E-state index contributed by atoms with van der Waals surface area (Å²) >= 11 is 0. The quantitative estimate of drug-likeness (QED) is 0.805. The van der Waals surface area contributed by atoms with Crippen molar-refractivity contribution < 1.29 is 9.59 Å². The van der Waals surface area contributed by atoms with Crippen LogP contribution in [0.1, 0.15) is 30.0 Å². The Labute approximate surface area is 167 Å². The van der Waals surface area contributed by atoms with E-state index in [2.05, 4.69) is 41.4 Å². The van der Waals surface area contributed by atoms with E-state index in [1.54, 1.807) is 0 Å². The van der Waals surface area contributed by atoms with Crippen LogP contribution in [0.2, 0.25) is 0 Å². The van der Waals surface area contributed by atoms with Crippen molar-refractivity contribution in [1.82, 2.24) is 15.1 Å². The summed E-state index contributed by atoms with van der Waals surface area (Å²) in [7, 11) is 0. The number of carbonyl (C=O) groups excluding carboxylic acids is 2. The van der Waals surface area contributed by atoms with Gasteiger partial charge in [0.1, 0.15) is 0 Å². The molecule has 1 saturated heterocycles. The molecule has 2 aromatic rings. The molecule has 3 rings (SSSR count). The van der Waals surface area contributed by atoms with E-state index in [4.69, 9.17) is 0 Å². The lowest BCUT2D eigenvalue weighted by Gasteiger charge is -2.35. The smallest absolute Gasteiger partial charge is 0.237 e. The standard InChI is InChI=1S/C23H29N3O2/c1-3-25(16-19-7-5-4-6-8-19)22(27)15-21-23(28)24-13-14-26(21)17-20-11-9-18(2)10-12-20/h4-12,21H,3,13-17H2,1-2H3,(H,24,28). The number of benzene rings is 2. The number of nitrogens with zero attached hydrogens (tertiary/aromatic N) is 2. The van der Waals surface area contributed by atoms with Gasteiger partial charge in [0.05, 0.1) is 12.5 Å². The van der Waals surface area contributed by atoms with Crippen molar-refractivity contribution in [3.05, 3.63) is 71.3 Å². The Morgan fingerprint density at radius 3 is 2.50 bits per heavy atom. The van der Waals surface area contributed by atoms with Gasteiger partial charge in [0, 0.05) is 32.7 Å². The van der Waals surface area contributed by atoms with Crippen LogP contribution in [0.15, 0.2) is 54.6 Å². The minimum absolute atomic E-state index is 0.0160. The molecule has 0 spiro atoms. The summed E-state index contributed by atoms with van der Waals surface area (Å²) in [6.45, 7) is 7.29. The van der Waals surface area contributed by atoms with E-state index in [0.29, 0.717) is 26.2 Å². The van der Waals surface area contributed by atoms with E-state index in [-0.39, 0.29) is 18.2 Å². The van der Waals surface area contributed by atoms with Gasteiger partial charge < -0.3 is 10.2 Å². The molecule has 0 aromatic heterocycles. The van der Waals surface area contributed by atoms with E-state index < -0.39 is 6.04 Å². The van der Waals surface area contributed by atoms with Gasteiger partial charge in [-0.15, -0.1) is 0 Å². The van der Waals surface area contributed by atoms with Gasteiger partial charge in [0.2, 0.25) is 11.8 Å². The molecule has 1 aliphatic heterocycles. The van der Waals surface area contributed by atoms with Gasteiger partial charge in [-0.05, 0) is 25.0 Å². The summed E-state index contributed by atoms with van der Waals surface area (Å²) in [5.74, 6) is -0.0372. The number of hydrogen-bond acceptors (Lipinski definition) is 3. The van der Waals surface area contributed by atoms with Crippen molar-refractivity contribution in [3.8, 4) is 0 Å². The highest BCUT2D eigenvalue weighted by Gasteiger charge is 2.32. The normalized spacial score (nSPS) is 17.2. The SMILES string of the molecule is CCN(Cc1ccccc1)C(=O)CC1C(=O)NCCN1Cc1ccc(C)cc1. The summed E-state index contributed by atoms with van der Waals surface area (Å²) in [5.41, 5.74) is 3.48. The third-order valence-corrected chi connectivity index (χ3v) is 5.27. The second-order valence-electron chi connectivity index (χ2n) is 7.36. The van der Waals surface area contributed by atoms with E-state index in [9.17, 15) is 9.59 Å². The lowest BCUT2D eigenvalue weighted by atomic mass is 10.1. The summed E-state index contributed by atoms with van der Waals surface area (Å²) in [5, 5.41) is 2.92. The average molecular weight is 380 g/mol. The van der Waals surface area contributed by atoms with Crippen molar-refractivity contribution in [2.75, 3.05) is 19.6 Å². The molecule has 5 nitrogen and oxygen atoms in total. The molecule has 2 amide bonds. The number of rotatable bonds is 7. The summed E-state index contributed by atoms with van der Waals surface area (Å²) in [6.07, 6.45) is 0.207. The second-order valence-corrected chi connectivity index (χ2v) is 7.36. The van der Waals surface area contributed by atoms with Crippen LogP contribution in [0.4, 0.5) is 0 Å². The number of nitrogens with one attached hydrogen (secondary N) is 1. The van der Waals surface area contributed by atoms with Crippen molar-refractivity contribution in [2.24, 2.45) is 0 Å². The van der Waals surface area contributed by atoms with Gasteiger partial charge in [-0.1, -0.05) is 60.2 Å². The Balaban J connectivity index is 1.68. The molecule has 1 N–H and O–H groups in total. The first kappa shape index (κ1) is 20.1. The fourth-order valence-electron chi connectivity index (χ4n) is 3.58. The zero-order valence-electron chi connectivity index (χ0n) is 16.7. The third kappa shape index (κ3) is 5.20. The first-order valence-electron chi connectivity index (χ1n) is 9.96. The fourth-order valence-corrected chi connectivity index (χ4v) is 3.58. The molecule has 1 unspecified atom stereocenters. The van der Waals surface area contributed by atoms with Gasteiger partial charge >= 0.3 is 0 Å². The number of aryl methyl sites for hydroxylation is 1. The van der Waals surface area contributed by atoms with Crippen LogP contribution in [0.5, 0.6) is 0 Å². The zero-order valence-corrected chi connectivity index (χ0v) is 16.7. The Hall–Kier alpha value is -2.66. The van der Waals surface area contributed by atoms with Crippen LogP contribution in [0.3, 0.4) is 0 Å². The minimum Gasteiger partial charge on any atom is -0.353 e. The Kier molecular flexibility index (Phi) is 6.82. The van der Waals surface area contributed by atoms with Crippen LogP contribution in [-0.2, 0) is 22.7 Å². The molecule has 28 heavy (non-hydrogen) atoms. The monoisotopic (exact) mass is 379 g/mol. The molecule has 1 aliphatic rings.